The van der Waals surface area contributed by atoms with E-state index in [0.29, 0.717) is 22.7 Å². The van der Waals surface area contributed by atoms with Crippen molar-refractivity contribution in [3.63, 3.8) is 0 Å². The minimum Gasteiger partial charge on any atom is -0.466 e. The summed E-state index contributed by atoms with van der Waals surface area (Å²) in [5.41, 5.74) is 9.88. The number of rotatable bonds is 1. The fourth-order valence-corrected chi connectivity index (χ4v) is 2.19. The lowest BCUT2D eigenvalue weighted by atomic mass is 10.1. The van der Waals surface area contributed by atoms with Crippen molar-refractivity contribution in [1.29, 1.82) is 0 Å². The van der Waals surface area contributed by atoms with Gasteiger partial charge in [-0.2, -0.15) is 0 Å². The number of oxazole rings is 1. The van der Waals surface area contributed by atoms with Crippen LogP contribution in [0.15, 0.2) is 27.0 Å². The second kappa shape index (κ2) is 3.63. The summed E-state index contributed by atoms with van der Waals surface area (Å²) in [5.74, 6) is 2.27. The summed E-state index contributed by atoms with van der Waals surface area (Å²) in [6.45, 7) is 5.84. The third-order valence-corrected chi connectivity index (χ3v) is 3.23. The van der Waals surface area contributed by atoms with Crippen molar-refractivity contribution in [2.45, 2.75) is 20.8 Å². The molecule has 0 atom stereocenters. The Labute approximate surface area is 104 Å². The fraction of sp³-hybridized carbons (Fsp3) is 0.214. The highest BCUT2D eigenvalue weighted by Gasteiger charge is 2.19. The normalized spacial score (nSPS) is 11.3. The Balaban J connectivity index is 2.29. The van der Waals surface area contributed by atoms with Crippen molar-refractivity contribution >= 4 is 16.8 Å². The second-order valence-corrected chi connectivity index (χ2v) is 4.43. The van der Waals surface area contributed by atoms with Gasteiger partial charge in [-0.05, 0) is 32.9 Å². The van der Waals surface area contributed by atoms with Crippen LogP contribution in [0.1, 0.15) is 17.1 Å². The second-order valence-electron chi connectivity index (χ2n) is 4.43. The van der Waals surface area contributed by atoms with Gasteiger partial charge >= 0.3 is 0 Å². The maximum absolute atomic E-state index is 5.88. The van der Waals surface area contributed by atoms with Crippen LogP contribution in [0.4, 0.5) is 5.69 Å². The van der Waals surface area contributed by atoms with Crippen LogP contribution in [0.2, 0.25) is 0 Å². The number of hydrogen-bond acceptors (Lipinski definition) is 4. The lowest BCUT2D eigenvalue weighted by molar-refractivity contribution is 0.502. The van der Waals surface area contributed by atoms with E-state index in [1.54, 1.807) is 0 Å². The van der Waals surface area contributed by atoms with Gasteiger partial charge in [0.1, 0.15) is 17.0 Å². The highest BCUT2D eigenvalue weighted by molar-refractivity contribution is 5.87. The van der Waals surface area contributed by atoms with Crippen molar-refractivity contribution in [3.8, 4) is 11.5 Å². The summed E-state index contributed by atoms with van der Waals surface area (Å²) in [7, 11) is 0. The highest BCUT2D eigenvalue weighted by atomic mass is 16.4. The van der Waals surface area contributed by atoms with Gasteiger partial charge in [-0.25, -0.2) is 4.98 Å². The molecule has 1 aromatic carbocycles. The number of aryl methyl sites for hydroxylation is 2. The van der Waals surface area contributed by atoms with E-state index in [1.165, 1.54) is 0 Å². The molecule has 2 heterocycles. The molecule has 2 N–H and O–H groups in total. The molecule has 4 heteroatoms. The van der Waals surface area contributed by atoms with Gasteiger partial charge in [0.15, 0.2) is 5.58 Å². The quantitative estimate of drug-likeness (QED) is 0.662. The predicted octanol–water partition coefficient (Wildman–Crippen LogP) is 3.60. The van der Waals surface area contributed by atoms with Gasteiger partial charge in [-0.15, -0.1) is 0 Å². The molecule has 0 bridgehead atoms. The summed E-state index contributed by atoms with van der Waals surface area (Å²) in [6, 6.07) is 5.53. The third-order valence-electron chi connectivity index (χ3n) is 3.23. The fourth-order valence-electron chi connectivity index (χ4n) is 2.19. The molecule has 4 nitrogen and oxygen atoms in total. The van der Waals surface area contributed by atoms with E-state index >= 15 is 0 Å². The van der Waals surface area contributed by atoms with Crippen molar-refractivity contribution in [3.05, 3.63) is 35.3 Å². The molecule has 0 aliphatic rings. The molecule has 0 fully saturated rings. The molecular weight excluding hydrogens is 228 g/mol. The zero-order valence-corrected chi connectivity index (χ0v) is 10.6. The van der Waals surface area contributed by atoms with Crippen molar-refractivity contribution in [2.75, 3.05) is 5.73 Å². The van der Waals surface area contributed by atoms with Gasteiger partial charge in [-0.1, -0.05) is 6.07 Å². The summed E-state index contributed by atoms with van der Waals surface area (Å²) >= 11 is 0. The maximum Gasteiger partial charge on any atom is 0.231 e. The Morgan fingerprint density at radius 3 is 2.44 bits per heavy atom. The molecule has 92 valence electrons. The van der Waals surface area contributed by atoms with Gasteiger partial charge in [0.2, 0.25) is 5.89 Å². The number of nitrogen functional groups attached to an aromatic ring is 1. The first-order valence-electron chi connectivity index (χ1n) is 5.80. The standard InChI is InChI=1S/C14H14N2O2/c1-7-8(2)17-9(3)12(7)14-16-13-10(15)5-4-6-11(13)18-14/h4-6H,15H2,1-3H3. The molecule has 0 unspecified atom stereocenters. The molecule has 0 spiro atoms. The summed E-state index contributed by atoms with van der Waals surface area (Å²) < 4.78 is 11.4. The first-order valence-corrected chi connectivity index (χ1v) is 5.80. The SMILES string of the molecule is Cc1oc(C)c(-c2nc3c(N)cccc3o2)c1C. The largest absolute Gasteiger partial charge is 0.466 e. The molecular formula is C14H14N2O2. The Kier molecular flexibility index (Phi) is 2.20. The van der Waals surface area contributed by atoms with Crippen molar-refractivity contribution < 1.29 is 8.83 Å². The molecule has 0 aliphatic heterocycles. The predicted molar refractivity (Wildman–Crippen MR) is 70.3 cm³/mol. The smallest absolute Gasteiger partial charge is 0.231 e. The average Bonchev–Trinajstić information content (AvgIpc) is 2.83. The van der Waals surface area contributed by atoms with Crippen LogP contribution in [0.3, 0.4) is 0 Å². The topological polar surface area (TPSA) is 65.2 Å². The van der Waals surface area contributed by atoms with Crippen LogP contribution in [-0.4, -0.2) is 4.98 Å². The van der Waals surface area contributed by atoms with Gasteiger partial charge < -0.3 is 14.6 Å². The summed E-state index contributed by atoms with van der Waals surface area (Å²) in [5, 5.41) is 0. The number of anilines is 1. The Hall–Kier alpha value is -2.23. The summed E-state index contributed by atoms with van der Waals surface area (Å²) in [4.78, 5) is 4.47. The highest BCUT2D eigenvalue weighted by Crippen LogP contribution is 2.33. The number of aromatic nitrogens is 1. The first-order chi connectivity index (χ1) is 8.58. The van der Waals surface area contributed by atoms with Crippen LogP contribution in [0.25, 0.3) is 22.6 Å². The molecule has 0 radical (unpaired) electrons. The van der Waals surface area contributed by atoms with Crippen LogP contribution < -0.4 is 5.73 Å². The van der Waals surface area contributed by atoms with Crippen molar-refractivity contribution in [2.24, 2.45) is 0 Å². The Morgan fingerprint density at radius 1 is 1.06 bits per heavy atom. The van der Waals surface area contributed by atoms with E-state index in [4.69, 9.17) is 14.6 Å². The van der Waals surface area contributed by atoms with E-state index < -0.39 is 0 Å². The van der Waals surface area contributed by atoms with E-state index in [-0.39, 0.29) is 0 Å². The zero-order chi connectivity index (χ0) is 12.9. The molecule has 0 saturated carbocycles. The molecule has 0 saturated heterocycles. The van der Waals surface area contributed by atoms with Crippen LogP contribution in [0.5, 0.6) is 0 Å². The van der Waals surface area contributed by atoms with E-state index in [0.717, 1.165) is 22.6 Å². The molecule has 3 rings (SSSR count). The maximum atomic E-state index is 5.88. The molecule has 0 amide bonds. The van der Waals surface area contributed by atoms with Gasteiger partial charge in [0, 0.05) is 5.56 Å². The third kappa shape index (κ3) is 1.42. The number of benzene rings is 1. The van der Waals surface area contributed by atoms with E-state index in [2.05, 4.69) is 4.98 Å². The van der Waals surface area contributed by atoms with Crippen molar-refractivity contribution in [1.82, 2.24) is 4.98 Å². The molecule has 18 heavy (non-hydrogen) atoms. The number of hydrogen-bond donors (Lipinski definition) is 1. The van der Waals surface area contributed by atoms with Gasteiger partial charge in [-0.3, -0.25) is 0 Å². The minimum atomic E-state index is 0.565. The Bertz CT molecular complexity index is 738. The monoisotopic (exact) mass is 242 g/mol. The summed E-state index contributed by atoms with van der Waals surface area (Å²) in [6.07, 6.45) is 0. The van der Waals surface area contributed by atoms with E-state index in [9.17, 15) is 0 Å². The number of nitrogens with two attached hydrogens (primary N) is 1. The molecule has 0 aliphatic carbocycles. The van der Waals surface area contributed by atoms with E-state index in [1.807, 2.05) is 39.0 Å². The van der Waals surface area contributed by atoms with Crippen LogP contribution in [0, 0.1) is 20.8 Å². The number of nitrogens with zero attached hydrogens (tertiary/aromatic N) is 1. The first kappa shape index (κ1) is 10.9. The lowest BCUT2D eigenvalue weighted by Crippen LogP contribution is -1.85. The van der Waals surface area contributed by atoms with Gasteiger partial charge in [0.05, 0.1) is 11.3 Å². The Morgan fingerprint density at radius 2 is 1.83 bits per heavy atom. The lowest BCUT2D eigenvalue weighted by Gasteiger charge is -1.93. The minimum absolute atomic E-state index is 0.565. The molecule has 3 aromatic rings. The van der Waals surface area contributed by atoms with Crippen LogP contribution in [-0.2, 0) is 0 Å². The zero-order valence-electron chi connectivity index (χ0n) is 10.6. The number of fused-ring (bicyclic) bond motifs is 1. The number of furan rings is 1. The van der Waals surface area contributed by atoms with Gasteiger partial charge in [0.25, 0.3) is 0 Å². The average molecular weight is 242 g/mol. The van der Waals surface area contributed by atoms with Crippen LogP contribution >= 0.6 is 0 Å². The molecule has 2 aromatic heterocycles. The number of para-hydroxylation sites is 1.